The molecule has 150 valence electrons. The van der Waals surface area contributed by atoms with Crippen molar-refractivity contribution in [2.45, 2.75) is 52.1 Å². The number of hydrogen-bond donors (Lipinski definition) is 1. The van der Waals surface area contributed by atoms with E-state index in [1.54, 1.807) is 0 Å². The molecule has 4 heteroatoms. The lowest BCUT2D eigenvalue weighted by Crippen LogP contribution is -2.51. The highest BCUT2D eigenvalue weighted by molar-refractivity contribution is 5.53. The minimum atomic E-state index is -0.504. The largest absolute Gasteiger partial charge is 0.485 e. The minimum Gasteiger partial charge on any atom is -0.485 e. The van der Waals surface area contributed by atoms with E-state index in [0.717, 1.165) is 29.1 Å². The molecule has 1 aliphatic heterocycles. The van der Waals surface area contributed by atoms with Crippen LogP contribution in [0, 0.1) is 0 Å². The second-order valence-electron chi connectivity index (χ2n) is 7.53. The van der Waals surface area contributed by atoms with Gasteiger partial charge in [-0.05, 0) is 51.5 Å². The van der Waals surface area contributed by atoms with Gasteiger partial charge in [0, 0.05) is 17.8 Å². The van der Waals surface area contributed by atoms with E-state index in [-0.39, 0.29) is 12.2 Å². The average molecular weight is 382 g/mol. The molecule has 1 heterocycles. The molecule has 0 fully saturated rings. The van der Waals surface area contributed by atoms with Gasteiger partial charge in [-0.15, -0.1) is 0 Å². The number of ether oxygens (including phenoxy) is 3. The summed E-state index contributed by atoms with van der Waals surface area (Å²) in [7, 11) is 0. The van der Waals surface area contributed by atoms with Crippen molar-refractivity contribution >= 4 is 5.69 Å². The summed E-state index contributed by atoms with van der Waals surface area (Å²) in [5.41, 5.74) is 2.72. The number of rotatable bonds is 8. The summed E-state index contributed by atoms with van der Waals surface area (Å²) in [6, 6.07) is 16.4. The molecule has 28 heavy (non-hydrogen) atoms. The molecular weight excluding hydrogens is 350 g/mol. The molecule has 0 spiro atoms. The smallest absolute Gasteiger partial charge is 0.132 e. The van der Waals surface area contributed by atoms with Gasteiger partial charge in [0.25, 0.3) is 0 Å². The number of nitrogens with one attached hydrogen (secondary N) is 1. The first-order chi connectivity index (χ1) is 13.5. The van der Waals surface area contributed by atoms with Gasteiger partial charge in [0.05, 0.1) is 13.2 Å². The zero-order valence-corrected chi connectivity index (χ0v) is 17.3. The van der Waals surface area contributed by atoms with Crippen LogP contribution in [0.4, 0.5) is 5.69 Å². The van der Waals surface area contributed by atoms with E-state index >= 15 is 0 Å². The van der Waals surface area contributed by atoms with Gasteiger partial charge in [-0.1, -0.05) is 42.5 Å². The van der Waals surface area contributed by atoms with Crippen LogP contribution in [0.5, 0.6) is 5.75 Å². The van der Waals surface area contributed by atoms with Gasteiger partial charge in [0.1, 0.15) is 23.6 Å². The van der Waals surface area contributed by atoms with Crippen LogP contribution < -0.4 is 10.1 Å². The molecule has 1 N–H and O–H groups in total. The first kappa shape index (κ1) is 20.4. The topological polar surface area (TPSA) is 39.7 Å². The zero-order valence-electron chi connectivity index (χ0n) is 17.3. The molecule has 2 aromatic carbocycles. The fourth-order valence-electron chi connectivity index (χ4n) is 3.53. The first-order valence-corrected chi connectivity index (χ1v) is 10.00. The van der Waals surface area contributed by atoms with Crippen molar-refractivity contribution in [1.82, 2.24) is 0 Å². The third-order valence-electron chi connectivity index (χ3n) is 4.91. The van der Waals surface area contributed by atoms with E-state index in [1.807, 2.05) is 49.4 Å². The van der Waals surface area contributed by atoms with Crippen molar-refractivity contribution in [1.29, 1.82) is 0 Å². The monoisotopic (exact) mass is 381 g/mol. The van der Waals surface area contributed by atoms with Crippen LogP contribution >= 0.6 is 0 Å². The second kappa shape index (κ2) is 9.26. The lowest BCUT2D eigenvalue weighted by molar-refractivity contribution is -0.161. The van der Waals surface area contributed by atoms with Gasteiger partial charge in [0.15, 0.2) is 0 Å². The fourth-order valence-corrected chi connectivity index (χ4v) is 3.53. The van der Waals surface area contributed by atoms with Crippen LogP contribution in [-0.4, -0.2) is 24.9 Å². The summed E-state index contributed by atoms with van der Waals surface area (Å²) in [4.78, 5) is 0. The van der Waals surface area contributed by atoms with E-state index in [1.165, 1.54) is 0 Å². The second-order valence-corrected chi connectivity index (χ2v) is 7.53. The first-order valence-electron chi connectivity index (χ1n) is 10.00. The summed E-state index contributed by atoms with van der Waals surface area (Å²) in [6.07, 6.45) is 3.56. The van der Waals surface area contributed by atoms with E-state index in [9.17, 15) is 0 Å². The van der Waals surface area contributed by atoms with Crippen LogP contribution in [0.1, 0.15) is 44.9 Å². The molecule has 2 aromatic rings. The van der Waals surface area contributed by atoms with E-state index in [4.69, 9.17) is 14.2 Å². The predicted molar refractivity (Wildman–Crippen MR) is 114 cm³/mol. The van der Waals surface area contributed by atoms with Gasteiger partial charge in [-0.25, -0.2) is 0 Å². The van der Waals surface area contributed by atoms with Gasteiger partial charge < -0.3 is 19.5 Å². The van der Waals surface area contributed by atoms with Crippen molar-refractivity contribution < 1.29 is 14.2 Å². The Bertz CT molecular complexity index is 786. The SMILES string of the molecule is C/C=C/COC1C(OCc2ccccc2)c2cc(NCC)ccc2OC1(C)C. The lowest BCUT2D eigenvalue weighted by Gasteiger charge is -2.44. The van der Waals surface area contributed by atoms with Crippen LogP contribution in [0.3, 0.4) is 0 Å². The normalized spacial score (nSPS) is 20.6. The van der Waals surface area contributed by atoms with Crippen LogP contribution in [-0.2, 0) is 16.1 Å². The maximum Gasteiger partial charge on any atom is 0.132 e. The van der Waals surface area contributed by atoms with Gasteiger partial charge >= 0.3 is 0 Å². The Kier molecular flexibility index (Phi) is 6.76. The molecule has 2 unspecified atom stereocenters. The van der Waals surface area contributed by atoms with E-state index in [0.29, 0.717) is 13.2 Å². The summed E-state index contributed by atoms with van der Waals surface area (Å²) in [5, 5.41) is 3.38. The van der Waals surface area contributed by atoms with Gasteiger partial charge in [-0.3, -0.25) is 0 Å². The Morgan fingerprint density at radius 2 is 1.89 bits per heavy atom. The molecule has 0 aromatic heterocycles. The molecular formula is C24H31NO3. The number of anilines is 1. The van der Waals surface area contributed by atoms with Crippen LogP contribution in [0.2, 0.25) is 0 Å². The summed E-state index contributed by atoms with van der Waals surface area (Å²) in [6.45, 7) is 10.1. The Morgan fingerprint density at radius 1 is 1.11 bits per heavy atom. The zero-order chi connectivity index (χ0) is 20.0. The van der Waals surface area contributed by atoms with Crippen molar-refractivity contribution in [3.63, 3.8) is 0 Å². The van der Waals surface area contributed by atoms with Gasteiger partial charge in [-0.2, -0.15) is 0 Å². The molecule has 0 saturated carbocycles. The van der Waals surface area contributed by atoms with Crippen molar-refractivity contribution in [2.24, 2.45) is 0 Å². The summed E-state index contributed by atoms with van der Waals surface area (Å²) in [5.74, 6) is 0.857. The maximum atomic E-state index is 6.45. The average Bonchev–Trinajstić information content (AvgIpc) is 2.68. The predicted octanol–water partition coefficient (Wildman–Crippen LogP) is 5.51. The van der Waals surface area contributed by atoms with Gasteiger partial charge in [0.2, 0.25) is 0 Å². The molecule has 2 atom stereocenters. The van der Waals surface area contributed by atoms with Crippen molar-refractivity contribution in [2.75, 3.05) is 18.5 Å². The highest BCUT2D eigenvalue weighted by Crippen LogP contribution is 2.44. The fraction of sp³-hybridized carbons (Fsp3) is 0.417. The summed E-state index contributed by atoms with van der Waals surface area (Å²) >= 11 is 0. The molecule has 4 nitrogen and oxygen atoms in total. The van der Waals surface area contributed by atoms with E-state index < -0.39 is 5.60 Å². The standard InChI is InChI=1S/C24H31NO3/c1-5-7-15-26-23-22(27-17-18-11-9-8-10-12-18)20-16-19(25-6-2)13-14-21(20)28-24(23,3)4/h5,7-14,16,22-23,25H,6,15,17H2,1-4H3/b7-5+. The molecule has 3 rings (SSSR count). The Balaban J connectivity index is 1.93. The highest BCUT2D eigenvalue weighted by Gasteiger charge is 2.45. The minimum absolute atomic E-state index is 0.220. The molecule has 0 saturated heterocycles. The molecule has 0 bridgehead atoms. The highest BCUT2D eigenvalue weighted by atomic mass is 16.6. The number of benzene rings is 2. The van der Waals surface area contributed by atoms with E-state index in [2.05, 4.69) is 44.3 Å². The molecule has 0 aliphatic carbocycles. The molecule has 1 aliphatic rings. The number of hydrogen-bond acceptors (Lipinski definition) is 4. The summed E-state index contributed by atoms with van der Waals surface area (Å²) < 4.78 is 19.0. The Hall–Kier alpha value is -2.30. The quantitative estimate of drug-likeness (QED) is 0.612. The van der Waals surface area contributed by atoms with Crippen LogP contribution in [0.15, 0.2) is 60.7 Å². The Labute approximate surface area is 168 Å². The number of allylic oxidation sites excluding steroid dienone is 1. The lowest BCUT2D eigenvalue weighted by atomic mass is 9.87. The third kappa shape index (κ3) is 4.75. The Morgan fingerprint density at radius 3 is 2.61 bits per heavy atom. The number of fused-ring (bicyclic) bond motifs is 1. The molecule has 0 amide bonds. The maximum absolute atomic E-state index is 6.45. The third-order valence-corrected chi connectivity index (χ3v) is 4.91. The molecule has 0 radical (unpaired) electrons. The van der Waals surface area contributed by atoms with Crippen molar-refractivity contribution in [3.05, 3.63) is 71.8 Å². The van der Waals surface area contributed by atoms with Crippen LogP contribution in [0.25, 0.3) is 0 Å². The van der Waals surface area contributed by atoms with Crippen molar-refractivity contribution in [3.8, 4) is 5.75 Å².